The van der Waals surface area contributed by atoms with Crippen LogP contribution in [-0.4, -0.2) is 34.3 Å². The molecule has 0 atom stereocenters. The molecule has 1 aliphatic rings. The van der Waals surface area contributed by atoms with Crippen LogP contribution in [0.4, 0.5) is 0 Å². The van der Waals surface area contributed by atoms with Gasteiger partial charge in [0.15, 0.2) is 0 Å². The molecule has 0 amide bonds. The Hall–Kier alpha value is -2.35. The SMILES string of the molecule is COC(=O)C1=CC(c2cccc(OC)c2)=NS(=O)(=O)N1. The summed E-state index contributed by atoms with van der Waals surface area (Å²) in [4.78, 5) is 11.5. The van der Waals surface area contributed by atoms with Crippen molar-refractivity contribution in [3.8, 4) is 5.75 Å². The second-order valence-electron chi connectivity index (χ2n) is 3.84. The summed E-state index contributed by atoms with van der Waals surface area (Å²) in [6, 6.07) is 6.68. The number of ether oxygens (including phenoxy) is 2. The highest BCUT2D eigenvalue weighted by molar-refractivity contribution is 7.88. The molecule has 0 aliphatic carbocycles. The maximum atomic E-state index is 11.6. The monoisotopic (exact) mass is 296 g/mol. The first-order chi connectivity index (χ1) is 9.45. The van der Waals surface area contributed by atoms with E-state index in [4.69, 9.17) is 4.74 Å². The highest BCUT2D eigenvalue weighted by Gasteiger charge is 2.24. The van der Waals surface area contributed by atoms with Gasteiger partial charge in [-0.2, -0.15) is 8.42 Å². The van der Waals surface area contributed by atoms with Gasteiger partial charge in [-0.1, -0.05) is 12.1 Å². The summed E-state index contributed by atoms with van der Waals surface area (Å²) in [6.45, 7) is 0. The highest BCUT2D eigenvalue weighted by atomic mass is 32.2. The van der Waals surface area contributed by atoms with Crippen molar-refractivity contribution in [3.05, 3.63) is 41.6 Å². The Morgan fingerprint density at radius 3 is 2.70 bits per heavy atom. The van der Waals surface area contributed by atoms with Crippen molar-refractivity contribution in [3.63, 3.8) is 0 Å². The van der Waals surface area contributed by atoms with E-state index in [0.717, 1.165) is 7.11 Å². The van der Waals surface area contributed by atoms with Crippen molar-refractivity contribution in [1.82, 2.24) is 4.72 Å². The predicted octanol–water partition coefficient (Wildman–Crippen LogP) is 0.389. The van der Waals surface area contributed by atoms with Crippen LogP contribution in [0.2, 0.25) is 0 Å². The lowest BCUT2D eigenvalue weighted by Crippen LogP contribution is -2.31. The summed E-state index contributed by atoms with van der Waals surface area (Å²) >= 11 is 0. The minimum atomic E-state index is -3.98. The smallest absolute Gasteiger partial charge is 0.355 e. The van der Waals surface area contributed by atoms with Gasteiger partial charge in [-0.25, -0.2) is 4.79 Å². The average molecular weight is 296 g/mol. The lowest BCUT2D eigenvalue weighted by molar-refractivity contribution is -0.136. The van der Waals surface area contributed by atoms with Gasteiger partial charge in [0.1, 0.15) is 11.4 Å². The molecule has 0 fully saturated rings. The number of allylic oxidation sites excluding steroid dienone is 1. The Bertz CT molecular complexity index is 706. The number of nitrogens with one attached hydrogen (secondary N) is 1. The van der Waals surface area contributed by atoms with Crippen LogP contribution in [0.5, 0.6) is 5.75 Å². The van der Waals surface area contributed by atoms with E-state index in [1.807, 2.05) is 4.72 Å². The number of methoxy groups -OCH3 is 2. The molecule has 7 nitrogen and oxygen atoms in total. The maximum absolute atomic E-state index is 11.6. The third-order valence-corrected chi connectivity index (χ3v) is 3.42. The summed E-state index contributed by atoms with van der Waals surface area (Å²) in [6.07, 6.45) is 1.31. The molecule has 1 aromatic rings. The fourth-order valence-electron chi connectivity index (χ4n) is 1.61. The van der Waals surface area contributed by atoms with E-state index in [9.17, 15) is 13.2 Å². The van der Waals surface area contributed by atoms with Gasteiger partial charge in [-0.3, -0.25) is 4.72 Å². The second-order valence-corrected chi connectivity index (χ2v) is 5.17. The zero-order valence-corrected chi connectivity index (χ0v) is 11.6. The van der Waals surface area contributed by atoms with Crippen LogP contribution in [0.1, 0.15) is 5.56 Å². The summed E-state index contributed by atoms with van der Waals surface area (Å²) in [7, 11) is -1.32. The van der Waals surface area contributed by atoms with Crippen LogP contribution in [0.3, 0.4) is 0 Å². The predicted molar refractivity (Wildman–Crippen MR) is 71.7 cm³/mol. The van der Waals surface area contributed by atoms with Crippen LogP contribution in [0.15, 0.2) is 40.4 Å². The molecule has 0 spiro atoms. The molecule has 2 rings (SSSR count). The van der Waals surface area contributed by atoms with Crippen LogP contribution < -0.4 is 9.46 Å². The first-order valence-electron chi connectivity index (χ1n) is 5.52. The Balaban J connectivity index is 2.50. The third kappa shape index (κ3) is 2.97. The Morgan fingerprint density at radius 1 is 1.30 bits per heavy atom. The average Bonchev–Trinajstić information content (AvgIpc) is 2.44. The minimum Gasteiger partial charge on any atom is -0.497 e. The molecular formula is C12H12N2O5S. The zero-order chi connectivity index (χ0) is 14.8. The molecule has 0 aromatic heterocycles. The number of hydrogen-bond donors (Lipinski definition) is 1. The molecule has 1 aromatic carbocycles. The van der Waals surface area contributed by atoms with Crippen molar-refractivity contribution in [1.29, 1.82) is 0 Å². The van der Waals surface area contributed by atoms with Crippen molar-refractivity contribution < 1.29 is 22.7 Å². The van der Waals surface area contributed by atoms with Crippen molar-refractivity contribution in [2.75, 3.05) is 14.2 Å². The maximum Gasteiger partial charge on any atom is 0.355 e. The normalized spacial score (nSPS) is 16.5. The molecule has 1 heterocycles. The lowest BCUT2D eigenvalue weighted by atomic mass is 10.1. The van der Waals surface area contributed by atoms with E-state index in [-0.39, 0.29) is 11.4 Å². The van der Waals surface area contributed by atoms with Gasteiger partial charge < -0.3 is 9.47 Å². The Morgan fingerprint density at radius 2 is 2.05 bits per heavy atom. The Labute approximate surface area is 116 Å². The zero-order valence-electron chi connectivity index (χ0n) is 10.8. The third-order valence-electron chi connectivity index (χ3n) is 2.51. The van der Waals surface area contributed by atoms with E-state index >= 15 is 0 Å². The molecule has 1 aliphatic heterocycles. The van der Waals surface area contributed by atoms with E-state index < -0.39 is 16.2 Å². The Kier molecular flexibility index (Phi) is 3.75. The van der Waals surface area contributed by atoms with Crippen molar-refractivity contribution >= 4 is 21.9 Å². The van der Waals surface area contributed by atoms with Crippen LogP contribution >= 0.6 is 0 Å². The van der Waals surface area contributed by atoms with Crippen molar-refractivity contribution in [2.24, 2.45) is 4.40 Å². The molecule has 0 unspecified atom stereocenters. The van der Waals surface area contributed by atoms with Gasteiger partial charge >= 0.3 is 16.2 Å². The van der Waals surface area contributed by atoms with Gasteiger partial charge in [0.2, 0.25) is 0 Å². The fraction of sp³-hybridized carbons (Fsp3) is 0.167. The van der Waals surface area contributed by atoms with Crippen molar-refractivity contribution in [2.45, 2.75) is 0 Å². The van der Waals surface area contributed by atoms with E-state index in [1.165, 1.54) is 13.2 Å². The number of nitrogens with zero attached hydrogens (tertiary/aromatic N) is 1. The van der Waals surface area contributed by atoms with E-state index in [2.05, 4.69) is 9.13 Å². The molecule has 20 heavy (non-hydrogen) atoms. The number of rotatable bonds is 3. The molecule has 0 saturated carbocycles. The summed E-state index contributed by atoms with van der Waals surface area (Å²) in [5.74, 6) is -0.238. The number of carbonyl (C=O) groups is 1. The van der Waals surface area contributed by atoms with Gasteiger partial charge in [0.25, 0.3) is 0 Å². The number of benzene rings is 1. The standard InChI is InChI=1S/C12H12N2O5S/c1-18-9-5-3-4-8(6-9)10-7-11(12(15)19-2)14-20(16,17)13-10/h3-7,14H,1-2H3. The van der Waals surface area contributed by atoms with Crippen LogP contribution in [-0.2, 0) is 19.7 Å². The summed E-state index contributed by atoms with van der Waals surface area (Å²) in [5.41, 5.74) is 0.444. The molecule has 1 N–H and O–H groups in total. The minimum absolute atomic E-state index is 0.128. The van der Waals surface area contributed by atoms with Gasteiger partial charge in [-0.05, 0) is 18.2 Å². The largest absolute Gasteiger partial charge is 0.497 e. The van der Waals surface area contributed by atoms with Gasteiger partial charge in [-0.15, -0.1) is 4.40 Å². The molecular weight excluding hydrogens is 284 g/mol. The molecule has 0 radical (unpaired) electrons. The highest BCUT2D eigenvalue weighted by Crippen LogP contribution is 2.17. The van der Waals surface area contributed by atoms with Gasteiger partial charge in [0, 0.05) is 5.56 Å². The molecule has 106 valence electrons. The second kappa shape index (κ2) is 5.33. The fourth-order valence-corrected chi connectivity index (χ4v) is 2.50. The molecule has 8 heteroatoms. The van der Waals surface area contributed by atoms with E-state index in [1.54, 1.807) is 24.3 Å². The molecule has 0 bridgehead atoms. The topological polar surface area (TPSA) is 94.1 Å². The van der Waals surface area contributed by atoms with Crippen LogP contribution in [0, 0.1) is 0 Å². The number of esters is 1. The van der Waals surface area contributed by atoms with Crippen LogP contribution in [0.25, 0.3) is 0 Å². The first-order valence-corrected chi connectivity index (χ1v) is 6.96. The lowest BCUT2D eigenvalue weighted by Gasteiger charge is -2.14. The first kappa shape index (κ1) is 14.1. The summed E-state index contributed by atoms with van der Waals surface area (Å²) < 4.78 is 38.4. The number of carbonyl (C=O) groups excluding carboxylic acids is 1. The van der Waals surface area contributed by atoms with Gasteiger partial charge in [0.05, 0.1) is 19.9 Å². The number of hydrogen-bond acceptors (Lipinski definition) is 5. The van der Waals surface area contributed by atoms with E-state index in [0.29, 0.717) is 11.3 Å². The molecule has 0 saturated heterocycles. The summed E-state index contributed by atoms with van der Waals surface area (Å²) in [5, 5.41) is 0. The quantitative estimate of drug-likeness (QED) is 0.814.